The molecule has 5 atom stereocenters. The molecule has 3 aromatic rings. The lowest BCUT2D eigenvalue weighted by atomic mass is 9.71. The van der Waals surface area contributed by atoms with Gasteiger partial charge in [-0.2, -0.15) is 13.7 Å². The van der Waals surface area contributed by atoms with Crippen LogP contribution in [-0.4, -0.2) is 91.9 Å². The number of imide groups is 1. The summed E-state index contributed by atoms with van der Waals surface area (Å²) in [6.07, 6.45) is 1.59. The lowest BCUT2D eigenvalue weighted by molar-refractivity contribution is -0.0757. The van der Waals surface area contributed by atoms with Crippen LogP contribution in [0.4, 0.5) is 0 Å². The summed E-state index contributed by atoms with van der Waals surface area (Å²) < 4.78 is 48.7. The minimum absolute atomic E-state index is 0.000305. The van der Waals surface area contributed by atoms with Crippen LogP contribution >= 0.6 is 0 Å². The first-order valence-corrected chi connectivity index (χ1v) is 17.8. The summed E-state index contributed by atoms with van der Waals surface area (Å²) in [7, 11) is -0.620. The Hall–Kier alpha value is -4.84. The van der Waals surface area contributed by atoms with E-state index in [1.54, 1.807) is 31.2 Å². The van der Waals surface area contributed by atoms with Gasteiger partial charge in [-0.25, -0.2) is 0 Å². The zero-order valence-electron chi connectivity index (χ0n) is 27.5. The van der Waals surface area contributed by atoms with Gasteiger partial charge in [-0.05, 0) is 57.0 Å². The van der Waals surface area contributed by atoms with Gasteiger partial charge in [0, 0.05) is 40.9 Å². The maximum atomic E-state index is 13.8. The number of hydrogen-bond acceptors (Lipinski definition) is 12. The van der Waals surface area contributed by atoms with Crippen molar-refractivity contribution in [1.29, 1.82) is 5.26 Å². The van der Waals surface area contributed by atoms with E-state index in [4.69, 9.17) is 18.4 Å². The summed E-state index contributed by atoms with van der Waals surface area (Å²) in [5.41, 5.74) is 4.29. The van der Waals surface area contributed by atoms with E-state index in [2.05, 4.69) is 11.0 Å². The standard InChI is InChI=1S/C35H34N4O9S/c1-16-10-18-11-22-24(13-36)39-23(28(37(22)3)26(18)29(40)30(16)45-4)12-21-27(33-32(46-15-47-33)17(2)31(21)48-49(5,43)44)25(39)14-38-34(41)19-8-6-7-9-20(19)35(38)42/h6-10,22-25,28,40H,11-12,14-15H2,1-5H3/t22-,23-,24-,25-,28-/m0/s1. The van der Waals surface area contributed by atoms with Crippen LogP contribution in [-0.2, 0) is 23.0 Å². The fourth-order valence-corrected chi connectivity index (χ4v) is 9.38. The molecule has 1 fully saturated rings. The predicted octanol–water partition coefficient (Wildman–Crippen LogP) is 3.15. The molecule has 0 spiro atoms. The number of ether oxygens (including phenoxy) is 3. The smallest absolute Gasteiger partial charge is 0.306 e. The normalized spacial score (nSPS) is 25.3. The van der Waals surface area contributed by atoms with E-state index in [-0.39, 0.29) is 48.4 Å². The first-order chi connectivity index (χ1) is 23.4. The molecule has 5 aliphatic rings. The van der Waals surface area contributed by atoms with Crippen LogP contribution in [0.2, 0.25) is 0 Å². The predicted molar refractivity (Wildman–Crippen MR) is 173 cm³/mol. The Bertz CT molecular complexity index is 2110. The van der Waals surface area contributed by atoms with Gasteiger partial charge in [-0.3, -0.25) is 24.3 Å². The molecule has 14 heteroatoms. The van der Waals surface area contributed by atoms with E-state index in [1.165, 1.54) is 12.0 Å². The minimum atomic E-state index is -4.03. The van der Waals surface area contributed by atoms with Gasteiger partial charge in [0.15, 0.2) is 28.7 Å². The van der Waals surface area contributed by atoms with E-state index in [0.717, 1.165) is 17.4 Å². The van der Waals surface area contributed by atoms with Crippen molar-refractivity contribution in [3.05, 3.63) is 74.8 Å². The number of piperazine rings is 1. The Morgan fingerprint density at radius 1 is 1.02 bits per heavy atom. The van der Waals surface area contributed by atoms with E-state index < -0.39 is 46.1 Å². The van der Waals surface area contributed by atoms with Gasteiger partial charge in [-0.15, -0.1) is 0 Å². The van der Waals surface area contributed by atoms with Crippen LogP contribution in [0.3, 0.4) is 0 Å². The van der Waals surface area contributed by atoms with Crippen LogP contribution in [0.1, 0.15) is 66.2 Å². The van der Waals surface area contributed by atoms with Crippen molar-refractivity contribution in [2.24, 2.45) is 0 Å². The average molecular weight is 687 g/mol. The van der Waals surface area contributed by atoms with Gasteiger partial charge < -0.3 is 23.5 Å². The van der Waals surface area contributed by atoms with Gasteiger partial charge in [-0.1, -0.05) is 18.2 Å². The first-order valence-electron chi connectivity index (χ1n) is 15.9. The molecular formula is C35H34N4O9S. The Morgan fingerprint density at radius 3 is 2.33 bits per heavy atom. The summed E-state index contributed by atoms with van der Waals surface area (Å²) in [5, 5.41) is 22.6. The number of fused-ring (bicyclic) bond motifs is 10. The average Bonchev–Trinajstić information content (AvgIpc) is 3.63. The molecule has 0 aromatic heterocycles. The van der Waals surface area contributed by atoms with Crippen LogP contribution in [0, 0.1) is 25.2 Å². The third-order valence-electron chi connectivity index (χ3n) is 10.7. The highest BCUT2D eigenvalue weighted by Crippen LogP contribution is 2.58. The molecule has 254 valence electrons. The topological polar surface area (TPSA) is 159 Å². The molecule has 0 radical (unpaired) electrons. The summed E-state index contributed by atoms with van der Waals surface area (Å²) in [4.78, 5) is 32.9. The Kier molecular flexibility index (Phi) is 6.95. The number of hydrogen-bond donors (Lipinski definition) is 1. The lowest BCUT2D eigenvalue weighted by Gasteiger charge is -2.60. The molecule has 0 saturated carbocycles. The molecule has 0 unspecified atom stereocenters. The quantitative estimate of drug-likeness (QED) is 0.309. The van der Waals surface area contributed by atoms with Crippen molar-refractivity contribution >= 4 is 21.9 Å². The third-order valence-corrected chi connectivity index (χ3v) is 11.2. The second kappa shape index (κ2) is 10.8. The van der Waals surface area contributed by atoms with Crippen LogP contribution in [0.5, 0.6) is 28.7 Å². The van der Waals surface area contributed by atoms with Crippen LogP contribution < -0.4 is 18.4 Å². The number of amides is 2. The fourth-order valence-electron chi connectivity index (χ4n) is 8.85. The number of aryl methyl sites for hydroxylation is 1. The maximum absolute atomic E-state index is 13.8. The number of benzene rings is 3. The molecule has 49 heavy (non-hydrogen) atoms. The number of methoxy groups -OCH3 is 1. The Balaban J connectivity index is 1.39. The van der Waals surface area contributed by atoms with Crippen molar-refractivity contribution in [3.8, 4) is 34.8 Å². The van der Waals surface area contributed by atoms with Crippen LogP contribution in [0.25, 0.3) is 0 Å². The molecule has 2 bridgehead atoms. The fraction of sp³-hybridized carbons (Fsp3) is 0.400. The molecular weight excluding hydrogens is 652 g/mol. The van der Waals surface area contributed by atoms with Crippen molar-refractivity contribution in [1.82, 2.24) is 14.7 Å². The number of carbonyl (C=O) groups excluding carboxylic acids is 2. The van der Waals surface area contributed by atoms with Crippen molar-refractivity contribution in [3.63, 3.8) is 0 Å². The summed E-state index contributed by atoms with van der Waals surface area (Å²) in [6.45, 7) is 3.25. The number of aromatic hydroxyl groups is 1. The molecule has 1 N–H and O–H groups in total. The van der Waals surface area contributed by atoms with Crippen molar-refractivity contribution in [2.45, 2.75) is 56.9 Å². The summed E-state index contributed by atoms with van der Waals surface area (Å²) >= 11 is 0. The largest absolute Gasteiger partial charge is 0.504 e. The maximum Gasteiger partial charge on any atom is 0.306 e. The van der Waals surface area contributed by atoms with E-state index in [9.17, 15) is 28.4 Å². The van der Waals surface area contributed by atoms with Gasteiger partial charge in [0.25, 0.3) is 11.8 Å². The number of carbonyl (C=O) groups is 2. The van der Waals surface area contributed by atoms with Gasteiger partial charge in [0.2, 0.25) is 6.79 Å². The highest BCUT2D eigenvalue weighted by Gasteiger charge is 2.57. The highest BCUT2D eigenvalue weighted by molar-refractivity contribution is 7.86. The van der Waals surface area contributed by atoms with Crippen LogP contribution in [0.15, 0.2) is 30.3 Å². The number of rotatable bonds is 5. The Morgan fingerprint density at radius 2 is 1.69 bits per heavy atom. The Labute approximate surface area is 283 Å². The highest BCUT2D eigenvalue weighted by atomic mass is 32.2. The van der Waals surface area contributed by atoms with Crippen molar-refractivity contribution in [2.75, 3.05) is 33.8 Å². The SMILES string of the molecule is COc1c(C)cc2c(c1O)[C@@H]1[C@@H]3Cc4c(OS(C)(=O)=O)c(C)c5c(c4[C@H](CN4C(=O)c6ccccc6C4=O)N3[C@@H](C#N)[C@H](C2)N1C)OCO5. The molecule has 8 rings (SSSR count). The summed E-state index contributed by atoms with van der Waals surface area (Å²) in [5.74, 6) is 0.143. The number of nitrogens with zero attached hydrogens (tertiary/aromatic N) is 4. The second-order valence-corrected chi connectivity index (χ2v) is 14.9. The number of phenols is 1. The molecule has 13 nitrogen and oxygen atoms in total. The third kappa shape index (κ3) is 4.38. The molecule has 1 saturated heterocycles. The second-order valence-electron chi connectivity index (χ2n) is 13.3. The molecule has 3 aromatic carbocycles. The summed E-state index contributed by atoms with van der Waals surface area (Å²) in [6, 6.07) is 8.16. The number of nitriles is 1. The molecule has 0 aliphatic carbocycles. The number of phenolic OH excluding ortho intramolecular Hbond substituents is 1. The molecule has 5 aliphatic heterocycles. The number of likely N-dealkylation sites (N-methyl/N-ethyl adjacent to an activating group) is 1. The van der Waals surface area contributed by atoms with E-state index in [1.807, 2.05) is 24.9 Å². The molecule has 2 amide bonds. The lowest BCUT2D eigenvalue weighted by Crippen LogP contribution is -2.68. The van der Waals surface area contributed by atoms with E-state index in [0.29, 0.717) is 45.9 Å². The monoisotopic (exact) mass is 686 g/mol. The first kappa shape index (κ1) is 31.4. The van der Waals surface area contributed by atoms with Gasteiger partial charge in [0.05, 0.1) is 42.6 Å². The van der Waals surface area contributed by atoms with Gasteiger partial charge >= 0.3 is 10.1 Å². The molecule has 5 heterocycles. The van der Waals surface area contributed by atoms with Gasteiger partial charge in [0.1, 0.15) is 6.04 Å². The van der Waals surface area contributed by atoms with E-state index >= 15 is 0 Å². The minimum Gasteiger partial charge on any atom is -0.504 e. The van der Waals surface area contributed by atoms with Crippen molar-refractivity contribution < 1.29 is 41.5 Å². The zero-order valence-corrected chi connectivity index (χ0v) is 28.3. The zero-order chi connectivity index (χ0) is 34.7.